The molecule has 11 heteroatoms. The highest BCUT2D eigenvalue weighted by Gasteiger charge is 2.24. The summed E-state index contributed by atoms with van der Waals surface area (Å²) in [5, 5.41) is 16.9. The lowest BCUT2D eigenvalue weighted by Crippen LogP contribution is -2.48. The number of carbonyl (C=O) groups is 1. The zero-order chi connectivity index (χ0) is 22.7. The van der Waals surface area contributed by atoms with Gasteiger partial charge in [0.2, 0.25) is 11.9 Å². The van der Waals surface area contributed by atoms with Crippen molar-refractivity contribution in [3.8, 4) is 0 Å². The van der Waals surface area contributed by atoms with Gasteiger partial charge in [0, 0.05) is 44.2 Å². The minimum atomic E-state index is -0.814. The maximum Gasteiger partial charge on any atom is 0.317 e. The van der Waals surface area contributed by atoms with Gasteiger partial charge in [-0.2, -0.15) is 4.98 Å². The highest BCUT2D eigenvalue weighted by molar-refractivity contribution is 6.35. The van der Waals surface area contributed by atoms with Gasteiger partial charge in [-0.1, -0.05) is 23.7 Å². The lowest BCUT2D eigenvalue weighted by molar-refractivity contribution is -0.138. The molecule has 0 unspecified atom stereocenters. The Morgan fingerprint density at radius 2 is 1.94 bits per heavy atom. The van der Waals surface area contributed by atoms with Crippen molar-refractivity contribution in [1.29, 1.82) is 0 Å². The van der Waals surface area contributed by atoms with Crippen LogP contribution in [0, 0.1) is 0 Å². The molecule has 168 valence electrons. The van der Waals surface area contributed by atoms with Gasteiger partial charge in [0.1, 0.15) is 12.1 Å². The first-order chi connectivity index (χ1) is 15.4. The Balaban J connectivity index is 1.66. The molecule has 0 amide bonds. The number of nitrogens with one attached hydrogen (secondary N) is 2. The fraction of sp³-hybridized carbons (Fsp3) is 0.381. The van der Waals surface area contributed by atoms with Crippen molar-refractivity contribution in [2.45, 2.75) is 13.0 Å². The molecule has 10 nitrogen and oxygen atoms in total. The van der Waals surface area contributed by atoms with Gasteiger partial charge in [0.25, 0.3) is 0 Å². The molecule has 1 fully saturated rings. The summed E-state index contributed by atoms with van der Waals surface area (Å²) in [6.07, 6.45) is 1.45. The van der Waals surface area contributed by atoms with Crippen LogP contribution >= 0.6 is 11.6 Å². The number of benzene rings is 1. The first-order valence-corrected chi connectivity index (χ1v) is 10.7. The van der Waals surface area contributed by atoms with Crippen molar-refractivity contribution in [3.05, 3.63) is 41.2 Å². The minimum absolute atomic E-state index is 0.0445. The molecule has 1 aromatic carbocycles. The normalized spacial score (nSPS) is 15.5. The number of para-hydroxylation sites is 1. The molecule has 0 radical (unpaired) electrons. The molecular weight excluding hydrogens is 432 g/mol. The second-order valence-electron chi connectivity index (χ2n) is 7.62. The van der Waals surface area contributed by atoms with Gasteiger partial charge in [-0.25, -0.2) is 15.0 Å². The number of hydrogen-bond acceptors (Lipinski definition) is 9. The van der Waals surface area contributed by atoms with E-state index in [4.69, 9.17) is 21.7 Å². The Morgan fingerprint density at radius 1 is 1.19 bits per heavy atom. The summed E-state index contributed by atoms with van der Waals surface area (Å²) in [6, 6.07) is 7.66. The van der Waals surface area contributed by atoms with Gasteiger partial charge in [0.15, 0.2) is 0 Å². The molecule has 3 aromatic rings. The van der Waals surface area contributed by atoms with E-state index in [1.165, 1.54) is 6.33 Å². The number of piperazine rings is 1. The predicted molar refractivity (Wildman–Crippen MR) is 124 cm³/mol. The van der Waals surface area contributed by atoms with Crippen LogP contribution in [-0.2, 0) is 4.79 Å². The van der Waals surface area contributed by atoms with Gasteiger partial charge >= 0.3 is 5.97 Å². The maximum atomic E-state index is 11.1. The summed E-state index contributed by atoms with van der Waals surface area (Å²) >= 11 is 6.44. The molecule has 32 heavy (non-hydrogen) atoms. The number of rotatable bonds is 7. The predicted octanol–water partition coefficient (Wildman–Crippen LogP) is 2.49. The first kappa shape index (κ1) is 22.0. The van der Waals surface area contributed by atoms with Gasteiger partial charge < -0.3 is 20.6 Å². The molecule has 0 bridgehead atoms. The van der Waals surface area contributed by atoms with Crippen LogP contribution in [0.5, 0.6) is 0 Å². The van der Waals surface area contributed by atoms with E-state index in [0.29, 0.717) is 43.1 Å². The quantitative estimate of drug-likeness (QED) is 0.489. The molecular formula is C21H25ClN8O2. The van der Waals surface area contributed by atoms with Gasteiger partial charge in [0.05, 0.1) is 23.1 Å². The average molecular weight is 457 g/mol. The molecule has 1 saturated heterocycles. The molecule has 3 N–H and O–H groups in total. The van der Waals surface area contributed by atoms with Crippen LogP contribution in [0.2, 0.25) is 5.02 Å². The van der Waals surface area contributed by atoms with Gasteiger partial charge in [-0.15, -0.1) is 0 Å². The van der Waals surface area contributed by atoms with E-state index in [0.717, 1.165) is 22.3 Å². The number of aromatic nitrogens is 4. The van der Waals surface area contributed by atoms with Crippen molar-refractivity contribution in [2.24, 2.45) is 0 Å². The van der Waals surface area contributed by atoms with Crippen LogP contribution in [-0.4, -0.2) is 75.7 Å². The van der Waals surface area contributed by atoms with Crippen LogP contribution in [0.25, 0.3) is 10.9 Å². The van der Waals surface area contributed by atoms with Gasteiger partial charge in [-0.3, -0.25) is 9.69 Å². The number of pyridine rings is 1. The van der Waals surface area contributed by atoms with Crippen molar-refractivity contribution in [1.82, 2.24) is 24.8 Å². The fourth-order valence-electron chi connectivity index (χ4n) is 3.81. The fourth-order valence-corrected chi connectivity index (χ4v) is 4.03. The van der Waals surface area contributed by atoms with E-state index >= 15 is 0 Å². The minimum Gasteiger partial charge on any atom is -0.480 e. The largest absolute Gasteiger partial charge is 0.480 e. The van der Waals surface area contributed by atoms with Crippen LogP contribution in [0.15, 0.2) is 30.6 Å². The lowest BCUT2D eigenvalue weighted by Gasteiger charge is -2.36. The zero-order valence-electron chi connectivity index (χ0n) is 17.9. The third-order valence-corrected chi connectivity index (χ3v) is 5.75. The molecule has 1 aliphatic rings. The number of halogens is 1. The number of carboxylic acids is 1. The molecule has 0 aliphatic carbocycles. The van der Waals surface area contributed by atoms with Crippen molar-refractivity contribution in [3.63, 3.8) is 0 Å². The van der Waals surface area contributed by atoms with E-state index in [1.54, 1.807) is 7.05 Å². The third kappa shape index (κ3) is 4.81. The Labute approximate surface area is 190 Å². The molecule has 4 rings (SSSR count). The monoisotopic (exact) mass is 456 g/mol. The smallest absolute Gasteiger partial charge is 0.317 e. The van der Waals surface area contributed by atoms with Crippen molar-refractivity contribution < 1.29 is 9.90 Å². The van der Waals surface area contributed by atoms with E-state index in [9.17, 15) is 4.79 Å². The molecule has 1 atom stereocenters. The molecule has 3 heterocycles. The summed E-state index contributed by atoms with van der Waals surface area (Å²) in [4.78, 5) is 32.7. The van der Waals surface area contributed by atoms with Crippen molar-refractivity contribution >= 4 is 46.2 Å². The highest BCUT2D eigenvalue weighted by Crippen LogP contribution is 2.33. The van der Waals surface area contributed by atoms with E-state index < -0.39 is 5.97 Å². The number of nitrogens with zero attached hydrogens (tertiary/aromatic N) is 6. The second kappa shape index (κ2) is 9.49. The summed E-state index contributed by atoms with van der Waals surface area (Å²) in [6.45, 7) is 4.71. The summed E-state index contributed by atoms with van der Waals surface area (Å²) in [5.41, 5.74) is 1.73. The van der Waals surface area contributed by atoms with Crippen molar-refractivity contribution in [2.75, 3.05) is 55.3 Å². The second-order valence-corrected chi connectivity index (χ2v) is 8.03. The SMILES string of the molecule is CNc1ncnc(N[C@@H](C)c2cc3cccc(Cl)c3nc2N2CCN(CC(=O)O)CC2)n1. The highest BCUT2D eigenvalue weighted by atomic mass is 35.5. The third-order valence-electron chi connectivity index (χ3n) is 5.44. The molecule has 0 saturated carbocycles. The van der Waals surface area contributed by atoms with E-state index in [1.807, 2.05) is 30.0 Å². The molecule has 0 spiro atoms. The van der Waals surface area contributed by atoms with Crippen LogP contribution in [0.3, 0.4) is 0 Å². The molecule has 1 aliphatic heterocycles. The Morgan fingerprint density at radius 3 is 2.66 bits per heavy atom. The number of anilines is 3. The van der Waals surface area contributed by atoms with E-state index in [-0.39, 0.29) is 12.6 Å². The topological polar surface area (TPSA) is 119 Å². The van der Waals surface area contributed by atoms with Crippen LogP contribution in [0.1, 0.15) is 18.5 Å². The number of fused-ring (bicyclic) bond motifs is 1. The Hall–Kier alpha value is -3.24. The molecule has 2 aromatic heterocycles. The summed E-state index contributed by atoms with van der Waals surface area (Å²) in [7, 11) is 1.75. The summed E-state index contributed by atoms with van der Waals surface area (Å²) in [5.74, 6) is 0.947. The number of carboxylic acid groups (broad SMARTS) is 1. The summed E-state index contributed by atoms with van der Waals surface area (Å²) < 4.78 is 0. The zero-order valence-corrected chi connectivity index (χ0v) is 18.7. The van der Waals surface area contributed by atoms with E-state index in [2.05, 4.69) is 36.6 Å². The Kier molecular flexibility index (Phi) is 6.52. The average Bonchev–Trinajstić information content (AvgIpc) is 2.79. The van der Waals surface area contributed by atoms with Gasteiger partial charge in [-0.05, 0) is 19.1 Å². The lowest BCUT2D eigenvalue weighted by atomic mass is 10.0. The van der Waals surface area contributed by atoms with Crippen LogP contribution < -0.4 is 15.5 Å². The van der Waals surface area contributed by atoms with Crippen LogP contribution in [0.4, 0.5) is 17.7 Å². The number of hydrogen-bond donors (Lipinski definition) is 3. The number of aliphatic carboxylic acids is 1. The maximum absolute atomic E-state index is 11.1. The first-order valence-electron chi connectivity index (χ1n) is 10.4. The standard InChI is InChI=1S/C21H25ClN8O2/c1-13(26-21-25-12-24-20(23-2)28-21)15-10-14-4-3-5-16(22)18(14)27-19(15)30-8-6-29(7-9-30)11-17(31)32/h3-5,10,12-13H,6-9,11H2,1-2H3,(H,31,32)(H2,23,24,25,26,28)/t13-/m0/s1. The Bertz CT molecular complexity index is 1120.